The van der Waals surface area contributed by atoms with E-state index in [1.54, 1.807) is 13.0 Å². The average molecular weight is 329 g/mol. The average Bonchev–Trinajstić information content (AvgIpc) is 2.95. The zero-order chi connectivity index (χ0) is 16.3. The molecule has 0 unspecified atom stereocenters. The van der Waals surface area contributed by atoms with Crippen LogP contribution in [0, 0.1) is 0 Å². The quantitative estimate of drug-likeness (QED) is 0.932. The molecule has 118 valence electrons. The topological polar surface area (TPSA) is 54.9 Å². The smallest absolute Gasteiger partial charge is 0.345 e. The molecule has 0 aliphatic carbocycles. The fourth-order valence-corrected chi connectivity index (χ4v) is 2.60. The summed E-state index contributed by atoms with van der Waals surface area (Å²) in [6.07, 6.45) is -3.84. The molecule has 0 saturated carbocycles. The number of aromatic nitrogens is 2. The van der Waals surface area contributed by atoms with Crippen LogP contribution in [-0.4, -0.2) is 15.5 Å². The fourth-order valence-electron chi connectivity index (χ4n) is 1.94. The van der Waals surface area contributed by atoms with E-state index >= 15 is 0 Å². The predicted molar refractivity (Wildman–Crippen MR) is 76.6 cm³/mol. The first-order valence-corrected chi connectivity index (χ1v) is 7.39. The Bertz CT molecular complexity index is 669. The normalized spacial score (nSPS) is 13.0. The van der Waals surface area contributed by atoms with Gasteiger partial charge in [0.25, 0.3) is 5.91 Å². The van der Waals surface area contributed by atoms with Gasteiger partial charge in [-0.2, -0.15) is 13.2 Å². The number of hydrogen-bond acceptors (Lipinski definition) is 4. The second-order valence-electron chi connectivity index (χ2n) is 4.72. The molecule has 0 aliphatic rings. The number of amides is 1. The predicted octanol–water partition coefficient (Wildman–Crippen LogP) is 3.61. The molecule has 8 heteroatoms. The van der Waals surface area contributed by atoms with Crippen LogP contribution in [0.1, 0.15) is 46.4 Å². The van der Waals surface area contributed by atoms with Gasteiger partial charge < -0.3 is 5.32 Å². The number of rotatable bonds is 4. The molecule has 2 aromatic rings. The van der Waals surface area contributed by atoms with Crippen molar-refractivity contribution in [2.24, 2.45) is 0 Å². The second kappa shape index (κ2) is 6.43. The summed E-state index contributed by atoms with van der Waals surface area (Å²) in [5.74, 6) is -0.378. The maximum atomic E-state index is 12.7. The van der Waals surface area contributed by atoms with Gasteiger partial charge in [-0.05, 0) is 42.6 Å². The summed E-state index contributed by atoms with van der Waals surface area (Å²) in [6.45, 7) is 3.48. The van der Waals surface area contributed by atoms with Gasteiger partial charge in [0.1, 0.15) is 4.88 Å². The van der Waals surface area contributed by atoms with Gasteiger partial charge in [0.2, 0.25) is 0 Å². The van der Waals surface area contributed by atoms with E-state index in [0.717, 1.165) is 23.7 Å². The number of aryl methyl sites for hydroxylation is 1. The molecule has 1 aromatic heterocycles. The molecule has 4 nitrogen and oxygen atoms in total. The summed E-state index contributed by atoms with van der Waals surface area (Å²) in [6, 6.07) is 4.36. The summed E-state index contributed by atoms with van der Waals surface area (Å²) in [5.41, 5.74) is 0.234. The Balaban J connectivity index is 2.16. The van der Waals surface area contributed by atoms with Crippen molar-refractivity contribution in [3.63, 3.8) is 0 Å². The maximum Gasteiger partial charge on any atom is 0.416 e. The first-order valence-electron chi connectivity index (χ1n) is 6.62. The van der Waals surface area contributed by atoms with E-state index in [1.165, 1.54) is 6.07 Å². The minimum atomic E-state index is -4.41. The first-order chi connectivity index (χ1) is 10.3. The highest BCUT2D eigenvalue weighted by Crippen LogP contribution is 2.30. The molecule has 1 aromatic carbocycles. The van der Waals surface area contributed by atoms with Crippen molar-refractivity contribution in [2.45, 2.75) is 32.5 Å². The summed E-state index contributed by atoms with van der Waals surface area (Å²) < 4.78 is 41.9. The molecular weight excluding hydrogens is 315 g/mol. The summed E-state index contributed by atoms with van der Waals surface area (Å²) >= 11 is 0.974. The molecule has 0 radical (unpaired) electrons. The molecular formula is C14H14F3N3OS. The summed E-state index contributed by atoms with van der Waals surface area (Å²) in [5, 5.41) is 6.52. The Morgan fingerprint density at radius 3 is 2.77 bits per heavy atom. The van der Waals surface area contributed by atoms with Crippen molar-refractivity contribution in [1.82, 2.24) is 14.9 Å². The number of alkyl halides is 3. The second-order valence-corrected chi connectivity index (χ2v) is 5.47. The number of benzene rings is 1. The highest BCUT2D eigenvalue weighted by Gasteiger charge is 2.30. The lowest BCUT2D eigenvalue weighted by atomic mass is 10.0. The van der Waals surface area contributed by atoms with Crippen LogP contribution in [0.2, 0.25) is 0 Å². The van der Waals surface area contributed by atoms with E-state index in [4.69, 9.17) is 0 Å². The van der Waals surface area contributed by atoms with Crippen LogP contribution in [0.3, 0.4) is 0 Å². The number of nitrogens with one attached hydrogen (secondary N) is 1. The van der Waals surface area contributed by atoms with Gasteiger partial charge in [-0.1, -0.05) is 23.5 Å². The molecule has 2 rings (SSSR count). The molecule has 22 heavy (non-hydrogen) atoms. The van der Waals surface area contributed by atoms with Crippen LogP contribution < -0.4 is 5.32 Å². The van der Waals surface area contributed by atoms with E-state index < -0.39 is 17.8 Å². The standard InChI is InChI=1S/C14H14F3N3OS/c1-3-11-12(22-20-19-11)13(21)18-8(2)9-5-4-6-10(7-9)14(15,16)17/h4-8H,3H2,1-2H3,(H,18,21)/t8-/m1/s1. The highest BCUT2D eigenvalue weighted by atomic mass is 32.1. The number of carbonyl (C=O) groups excluding carboxylic acids is 1. The first kappa shape index (κ1) is 16.4. The van der Waals surface area contributed by atoms with Gasteiger partial charge in [0.05, 0.1) is 17.3 Å². The maximum absolute atomic E-state index is 12.7. The van der Waals surface area contributed by atoms with Gasteiger partial charge in [0.15, 0.2) is 0 Å². The lowest BCUT2D eigenvalue weighted by Crippen LogP contribution is -2.27. The number of hydrogen-bond donors (Lipinski definition) is 1. The largest absolute Gasteiger partial charge is 0.416 e. The Hall–Kier alpha value is -1.96. The van der Waals surface area contributed by atoms with Crippen LogP contribution in [0.4, 0.5) is 13.2 Å². The Kier molecular flexibility index (Phi) is 4.80. The van der Waals surface area contributed by atoms with Gasteiger partial charge >= 0.3 is 6.18 Å². The van der Waals surface area contributed by atoms with Crippen molar-refractivity contribution in [3.05, 3.63) is 46.0 Å². The SMILES string of the molecule is CCc1nnsc1C(=O)N[C@H](C)c1cccc(C(F)(F)F)c1. The van der Waals surface area contributed by atoms with Crippen molar-refractivity contribution in [3.8, 4) is 0 Å². The summed E-state index contributed by atoms with van der Waals surface area (Å²) in [4.78, 5) is 12.5. The monoisotopic (exact) mass is 329 g/mol. The van der Waals surface area contributed by atoms with Crippen molar-refractivity contribution in [1.29, 1.82) is 0 Å². The fraction of sp³-hybridized carbons (Fsp3) is 0.357. The van der Waals surface area contributed by atoms with Crippen LogP contribution in [0.15, 0.2) is 24.3 Å². The molecule has 1 amide bonds. The van der Waals surface area contributed by atoms with Crippen LogP contribution in [-0.2, 0) is 12.6 Å². The third-order valence-corrected chi connectivity index (χ3v) is 3.93. The summed E-state index contributed by atoms with van der Waals surface area (Å²) in [7, 11) is 0. The Labute approximate surface area is 129 Å². The number of halogens is 3. The van der Waals surface area contributed by atoms with Gasteiger partial charge in [0, 0.05) is 0 Å². The van der Waals surface area contributed by atoms with E-state index in [0.29, 0.717) is 22.6 Å². The van der Waals surface area contributed by atoms with Gasteiger partial charge in [-0.25, -0.2) is 0 Å². The molecule has 0 fully saturated rings. The lowest BCUT2D eigenvalue weighted by Gasteiger charge is -2.16. The van der Waals surface area contributed by atoms with Crippen molar-refractivity contribution < 1.29 is 18.0 Å². The lowest BCUT2D eigenvalue weighted by molar-refractivity contribution is -0.137. The Morgan fingerprint density at radius 1 is 1.41 bits per heavy atom. The minimum Gasteiger partial charge on any atom is -0.345 e. The van der Waals surface area contributed by atoms with Crippen molar-refractivity contribution >= 4 is 17.4 Å². The van der Waals surface area contributed by atoms with Gasteiger partial charge in [-0.15, -0.1) is 5.10 Å². The molecule has 0 bridgehead atoms. The number of nitrogens with zero attached hydrogens (tertiary/aromatic N) is 2. The third-order valence-electron chi connectivity index (χ3n) is 3.16. The Morgan fingerprint density at radius 2 is 2.14 bits per heavy atom. The highest BCUT2D eigenvalue weighted by molar-refractivity contribution is 7.08. The zero-order valence-corrected chi connectivity index (χ0v) is 12.8. The van der Waals surface area contributed by atoms with Crippen LogP contribution >= 0.6 is 11.5 Å². The molecule has 0 spiro atoms. The van der Waals surface area contributed by atoms with Crippen molar-refractivity contribution in [2.75, 3.05) is 0 Å². The minimum absolute atomic E-state index is 0.378. The zero-order valence-electron chi connectivity index (χ0n) is 11.9. The van der Waals surface area contributed by atoms with Crippen LogP contribution in [0.5, 0.6) is 0 Å². The van der Waals surface area contributed by atoms with E-state index in [2.05, 4.69) is 14.9 Å². The van der Waals surface area contributed by atoms with E-state index in [-0.39, 0.29) is 5.91 Å². The molecule has 1 N–H and O–H groups in total. The third kappa shape index (κ3) is 3.62. The van der Waals surface area contributed by atoms with Gasteiger partial charge in [-0.3, -0.25) is 4.79 Å². The van der Waals surface area contributed by atoms with Crippen LogP contribution in [0.25, 0.3) is 0 Å². The van der Waals surface area contributed by atoms with E-state index in [9.17, 15) is 18.0 Å². The number of carbonyl (C=O) groups is 1. The molecule has 1 atom stereocenters. The van der Waals surface area contributed by atoms with E-state index in [1.807, 2.05) is 6.92 Å². The molecule has 0 aliphatic heterocycles. The molecule has 1 heterocycles. The molecule has 0 saturated heterocycles.